The van der Waals surface area contributed by atoms with Crippen molar-refractivity contribution < 1.29 is 27.5 Å². The zero-order valence-electron chi connectivity index (χ0n) is 20.6. The maximum atomic E-state index is 13.2. The number of fused-ring (bicyclic) bond motifs is 1. The summed E-state index contributed by atoms with van der Waals surface area (Å²) in [7, 11) is -2.75. The summed E-state index contributed by atoms with van der Waals surface area (Å²) in [6.07, 6.45) is 0. The van der Waals surface area contributed by atoms with Crippen molar-refractivity contribution in [1.29, 1.82) is 0 Å². The number of sulfonamides is 1. The quantitative estimate of drug-likeness (QED) is 0.250. The van der Waals surface area contributed by atoms with Crippen LogP contribution in [0.3, 0.4) is 0 Å². The average molecular weight is 596 g/mol. The lowest BCUT2D eigenvalue weighted by atomic mass is 10.1. The molecule has 1 aliphatic heterocycles. The second-order valence-corrected chi connectivity index (χ2v) is 11.2. The molecule has 12 heteroatoms. The van der Waals surface area contributed by atoms with Crippen LogP contribution in [0.5, 0.6) is 11.5 Å². The van der Waals surface area contributed by atoms with Gasteiger partial charge in [0.15, 0.2) is 0 Å². The van der Waals surface area contributed by atoms with Crippen LogP contribution in [0.1, 0.15) is 31.1 Å². The Balaban J connectivity index is 1.36. The van der Waals surface area contributed by atoms with Crippen molar-refractivity contribution in [2.24, 2.45) is 0 Å². The number of nitrogens with zero attached hydrogens (tertiary/aromatic N) is 1. The van der Waals surface area contributed by atoms with Crippen LogP contribution in [0.2, 0.25) is 10.0 Å². The van der Waals surface area contributed by atoms with Crippen molar-refractivity contribution in [1.82, 2.24) is 4.90 Å². The van der Waals surface area contributed by atoms with Crippen LogP contribution in [0.4, 0.5) is 11.4 Å². The van der Waals surface area contributed by atoms with E-state index in [9.17, 15) is 22.8 Å². The molecule has 0 radical (unpaired) electrons. The molecule has 0 fully saturated rings. The van der Waals surface area contributed by atoms with Crippen molar-refractivity contribution >= 4 is 62.3 Å². The Bertz CT molecular complexity index is 1790. The van der Waals surface area contributed by atoms with Gasteiger partial charge in [-0.15, -0.1) is 0 Å². The lowest BCUT2D eigenvalue weighted by molar-refractivity contribution is 0.0692. The van der Waals surface area contributed by atoms with Crippen LogP contribution in [0, 0.1) is 0 Å². The first-order chi connectivity index (χ1) is 19.0. The molecule has 0 saturated heterocycles. The summed E-state index contributed by atoms with van der Waals surface area (Å²) < 4.78 is 34.4. The van der Waals surface area contributed by atoms with Crippen molar-refractivity contribution in [3.8, 4) is 11.5 Å². The summed E-state index contributed by atoms with van der Waals surface area (Å²) in [5, 5.41) is 3.23. The molecule has 0 atom stereocenters. The largest absolute Gasteiger partial charge is 0.456 e. The summed E-state index contributed by atoms with van der Waals surface area (Å²) in [5.74, 6) is -0.822. The zero-order valence-corrected chi connectivity index (χ0v) is 23.0. The van der Waals surface area contributed by atoms with Crippen molar-refractivity contribution in [2.75, 3.05) is 17.1 Å². The van der Waals surface area contributed by atoms with Gasteiger partial charge in [-0.1, -0.05) is 35.3 Å². The average Bonchev–Trinajstić information content (AvgIpc) is 3.14. The lowest BCUT2D eigenvalue weighted by Crippen LogP contribution is -2.24. The highest BCUT2D eigenvalue weighted by molar-refractivity contribution is 7.92. The van der Waals surface area contributed by atoms with E-state index in [4.69, 9.17) is 27.9 Å². The molecule has 1 aliphatic rings. The number of halogens is 2. The van der Waals surface area contributed by atoms with Gasteiger partial charge in [0.25, 0.3) is 27.7 Å². The van der Waals surface area contributed by atoms with E-state index in [1.807, 2.05) is 0 Å². The number of hydrogen-bond acceptors (Lipinski definition) is 6. The fourth-order valence-electron chi connectivity index (χ4n) is 3.98. The van der Waals surface area contributed by atoms with Gasteiger partial charge in [-0.05, 0) is 72.8 Å². The van der Waals surface area contributed by atoms with Gasteiger partial charge in [-0.2, -0.15) is 0 Å². The van der Waals surface area contributed by atoms with Gasteiger partial charge in [-0.25, -0.2) is 8.42 Å². The molecule has 9 nitrogen and oxygen atoms in total. The number of para-hydroxylation sites is 1. The number of rotatable bonds is 7. The molecule has 0 unspecified atom stereocenters. The molecule has 0 spiro atoms. The Morgan fingerprint density at radius 1 is 0.850 bits per heavy atom. The first-order valence-electron chi connectivity index (χ1n) is 11.7. The van der Waals surface area contributed by atoms with E-state index < -0.39 is 27.7 Å². The smallest absolute Gasteiger partial charge is 0.261 e. The van der Waals surface area contributed by atoms with E-state index in [2.05, 4.69) is 10.0 Å². The minimum atomic E-state index is -4.12. The summed E-state index contributed by atoms with van der Waals surface area (Å²) in [4.78, 5) is 38.5. The van der Waals surface area contributed by atoms with Crippen LogP contribution < -0.4 is 14.8 Å². The van der Waals surface area contributed by atoms with Crippen LogP contribution in [0.25, 0.3) is 0 Å². The van der Waals surface area contributed by atoms with Gasteiger partial charge >= 0.3 is 0 Å². The minimum absolute atomic E-state index is 0.0227. The number of ether oxygens (including phenoxy) is 1. The number of imide groups is 1. The summed E-state index contributed by atoms with van der Waals surface area (Å²) >= 11 is 12.2. The third-order valence-electron chi connectivity index (χ3n) is 6.02. The fraction of sp³-hybridized carbons (Fsp3) is 0.0357. The number of amides is 3. The molecular weight excluding hydrogens is 577 g/mol. The van der Waals surface area contributed by atoms with Crippen LogP contribution in [0.15, 0.2) is 89.8 Å². The molecule has 40 heavy (non-hydrogen) atoms. The molecule has 0 aromatic heterocycles. The number of carbonyl (C=O) groups is 3. The third-order valence-corrected chi connectivity index (χ3v) is 7.95. The SMILES string of the molecule is CN1C(=O)c2ccc(NC(=O)c3cc(Cl)ccc3NS(=O)(=O)c3ccc(Oc4ccccc4Cl)cc3)cc2C1=O. The Morgan fingerprint density at radius 3 is 2.27 bits per heavy atom. The lowest BCUT2D eigenvalue weighted by Gasteiger charge is -2.14. The van der Waals surface area contributed by atoms with Gasteiger partial charge in [0.1, 0.15) is 11.5 Å². The zero-order chi connectivity index (χ0) is 28.6. The minimum Gasteiger partial charge on any atom is -0.456 e. The van der Waals surface area contributed by atoms with Crippen LogP contribution in [-0.4, -0.2) is 38.1 Å². The normalized spacial score (nSPS) is 12.7. The van der Waals surface area contributed by atoms with E-state index in [-0.39, 0.29) is 38.0 Å². The molecule has 5 rings (SSSR count). The molecule has 0 aliphatic carbocycles. The second-order valence-electron chi connectivity index (χ2n) is 8.68. The number of carbonyl (C=O) groups excluding carboxylic acids is 3. The fourth-order valence-corrected chi connectivity index (χ4v) is 5.40. The summed E-state index contributed by atoms with van der Waals surface area (Å²) in [6.45, 7) is 0. The van der Waals surface area contributed by atoms with Gasteiger partial charge in [0.2, 0.25) is 0 Å². The monoisotopic (exact) mass is 595 g/mol. The van der Waals surface area contributed by atoms with Crippen LogP contribution >= 0.6 is 23.2 Å². The van der Waals surface area contributed by atoms with Gasteiger partial charge in [0.05, 0.1) is 32.3 Å². The Morgan fingerprint density at radius 2 is 1.55 bits per heavy atom. The van der Waals surface area contributed by atoms with E-state index in [1.165, 1.54) is 67.7 Å². The first kappa shape index (κ1) is 27.2. The van der Waals surface area contributed by atoms with Crippen molar-refractivity contribution in [3.05, 3.63) is 112 Å². The van der Waals surface area contributed by atoms with E-state index >= 15 is 0 Å². The molecular formula is C28H19Cl2N3O6S. The molecule has 3 amide bonds. The topological polar surface area (TPSA) is 122 Å². The second kappa shape index (κ2) is 10.6. The maximum Gasteiger partial charge on any atom is 0.261 e. The van der Waals surface area contributed by atoms with Gasteiger partial charge in [-0.3, -0.25) is 24.0 Å². The molecule has 0 bridgehead atoms. The van der Waals surface area contributed by atoms with Gasteiger partial charge in [0, 0.05) is 17.8 Å². The summed E-state index contributed by atoms with van der Waals surface area (Å²) in [5.41, 5.74) is 0.535. The predicted molar refractivity (Wildman–Crippen MR) is 151 cm³/mol. The van der Waals surface area contributed by atoms with Crippen molar-refractivity contribution in [2.45, 2.75) is 4.90 Å². The maximum absolute atomic E-state index is 13.2. The van der Waals surface area contributed by atoms with Crippen molar-refractivity contribution in [3.63, 3.8) is 0 Å². The Hall–Kier alpha value is -4.38. The highest BCUT2D eigenvalue weighted by Crippen LogP contribution is 2.31. The molecule has 202 valence electrons. The predicted octanol–water partition coefficient (Wildman–Crippen LogP) is 6.06. The Labute approximate surface area is 239 Å². The molecule has 1 heterocycles. The number of benzene rings is 4. The number of anilines is 2. The first-order valence-corrected chi connectivity index (χ1v) is 13.9. The van der Waals surface area contributed by atoms with Gasteiger partial charge < -0.3 is 10.1 Å². The molecule has 4 aromatic carbocycles. The number of nitrogens with one attached hydrogen (secondary N) is 2. The Kier molecular flexibility index (Phi) is 7.24. The van der Waals surface area contributed by atoms with E-state index in [0.29, 0.717) is 16.5 Å². The standard InChI is InChI=1S/C28H19Cl2N3O6S/c1-33-27(35)20-12-7-17(15-21(20)28(33)36)31-26(34)22-14-16(29)6-13-24(22)32-40(37,38)19-10-8-18(9-11-19)39-25-5-3-2-4-23(25)30/h2-15,32H,1H3,(H,31,34). The molecule has 0 saturated carbocycles. The highest BCUT2D eigenvalue weighted by Gasteiger charge is 2.33. The molecule has 2 N–H and O–H groups in total. The van der Waals surface area contributed by atoms with E-state index in [1.54, 1.807) is 24.3 Å². The highest BCUT2D eigenvalue weighted by atomic mass is 35.5. The number of hydrogen-bond donors (Lipinski definition) is 2. The van der Waals surface area contributed by atoms with E-state index in [0.717, 1.165) is 4.90 Å². The molecule has 4 aromatic rings. The third kappa shape index (κ3) is 5.37. The summed E-state index contributed by atoms with van der Waals surface area (Å²) in [6, 6.07) is 20.9. The van der Waals surface area contributed by atoms with Crippen LogP contribution in [-0.2, 0) is 10.0 Å².